The maximum absolute atomic E-state index is 13.0. The van der Waals surface area contributed by atoms with E-state index in [-0.39, 0.29) is 17.0 Å². The van der Waals surface area contributed by atoms with Crippen LogP contribution in [0.1, 0.15) is 25.7 Å². The largest absolute Gasteiger partial charge is 0.382 e. The Balaban J connectivity index is 1.25. The lowest BCUT2D eigenvalue weighted by atomic mass is 9.91. The van der Waals surface area contributed by atoms with Crippen LogP contribution in [0.2, 0.25) is 5.02 Å². The number of nitrogens with one attached hydrogen (secondary N) is 2. The van der Waals surface area contributed by atoms with Crippen molar-refractivity contribution in [1.29, 1.82) is 0 Å². The Labute approximate surface area is 189 Å². The van der Waals surface area contributed by atoms with Crippen LogP contribution < -0.4 is 10.0 Å². The monoisotopic (exact) mass is 473 g/mol. The molecule has 2 aromatic heterocycles. The Morgan fingerprint density at radius 3 is 2.61 bits per heavy atom. The zero-order valence-electron chi connectivity index (χ0n) is 16.5. The lowest BCUT2D eigenvalue weighted by Gasteiger charge is -2.30. The molecule has 31 heavy (non-hydrogen) atoms. The number of hydrogen-bond donors (Lipinski definition) is 2. The van der Waals surface area contributed by atoms with Crippen molar-refractivity contribution in [3.05, 3.63) is 53.7 Å². The van der Waals surface area contributed by atoms with E-state index in [0.29, 0.717) is 16.1 Å². The molecular weight excluding hydrogens is 454 g/mol. The summed E-state index contributed by atoms with van der Waals surface area (Å²) in [6.45, 7) is 0. The second kappa shape index (κ2) is 8.31. The number of sulfonamides is 1. The first-order chi connectivity index (χ1) is 15.0. The maximum Gasteiger partial charge on any atom is 0.243 e. The van der Waals surface area contributed by atoms with E-state index in [0.717, 1.165) is 54.0 Å². The SMILES string of the molecule is O=S(=O)(N[C@H]1CC[C@@H](Nc2ccnc3cc(Cl)ccc23)CC1)c1cccc2nsnc12. The molecule has 1 aliphatic rings. The molecule has 1 saturated carbocycles. The standard InChI is InChI=1S/C21H20ClN5O2S2/c22-13-4-9-16-17(10-11-23-19(16)12-13)24-14-5-7-15(8-6-14)27-31(28,29)20-3-1-2-18-21(20)26-30-25-18/h1-4,9-12,14-15,27H,5-8H2,(H,23,24)/t14-,15+. The number of benzene rings is 2. The molecule has 0 bridgehead atoms. The second-order valence-corrected chi connectivity index (χ2v) is 10.4. The van der Waals surface area contributed by atoms with Gasteiger partial charge in [-0.15, -0.1) is 0 Å². The van der Waals surface area contributed by atoms with Crippen molar-refractivity contribution >= 4 is 61.0 Å². The highest BCUT2D eigenvalue weighted by atomic mass is 35.5. The summed E-state index contributed by atoms with van der Waals surface area (Å²) in [7, 11) is -3.65. The number of nitrogens with zero attached hydrogens (tertiary/aromatic N) is 3. The summed E-state index contributed by atoms with van der Waals surface area (Å²) in [4.78, 5) is 4.58. The van der Waals surface area contributed by atoms with Crippen molar-refractivity contribution < 1.29 is 8.42 Å². The van der Waals surface area contributed by atoms with Gasteiger partial charge in [0.2, 0.25) is 10.0 Å². The first kappa shape index (κ1) is 20.6. The molecule has 2 aromatic carbocycles. The van der Waals surface area contributed by atoms with Crippen LogP contribution in [-0.4, -0.2) is 34.2 Å². The molecule has 160 valence electrons. The molecule has 2 heterocycles. The molecule has 10 heteroatoms. The van der Waals surface area contributed by atoms with Crippen molar-refractivity contribution in [2.24, 2.45) is 0 Å². The van der Waals surface area contributed by atoms with Gasteiger partial charge in [0.15, 0.2) is 0 Å². The minimum Gasteiger partial charge on any atom is -0.382 e. The molecule has 5 rings (SSSR count). The third-order valence-electron chi connectivity index (χ3n) is 5.65. The Morgan fingerprint density at radius 2 is 1.77 bits per heavy atom. The highest BCUT2D eigenvalue weighted by Gasteiger charge is 2.27. The normalized spacial score (nSPS) is 19.6. The first-order valence-electron chi connectivity index (χ1n) is 10.0. The van der Waals surface area contributed by atoms with Gasteiger partial charge in [0.25, 0.3) is 0 Å². The summed E-state index contributed by atoms with van der Waals surface area (Å²) in [6, 6.07) is 12.9. The Hall–Kier alpha value is -2.33. The number of rotatable bonds is 5. The Bertz CT molecular complexity index is 1350. The molecule has 0 aliphatic heterocycles. The van der Waals surface area contributed by atoms with E-state index in [2.05, 4.69) is 23.8 Å². The Kier molecular flexibility index (Phi) is 5.51. The predicted octanol–water partition coefficient (Wildman–Crippen LogP) is 4.59. The van der Waals surface area contributed by atoms with E-state index >= 15 is 0 Å². The lowest BCUT2D eigenvalue weighted by molar-refractivity contribution is 0.387. The van der Waals surface area contributed by atoms with E-state index in [9.17, 15) is 8.42 Å². The van der Waals surface area contributed by atoms with Crippen molar-refractivity contribution in [1.82, 2.24) is 18.5 Å². The highest BCUT2D eigenvalue weighted by molar-refractivity contribution is 7.89. The van der Waals surface area contributed by atoms with E-state index in [4.69, 9.17) is 11.6 Å². The van der Waals surface area contributed by atoms with Gasteiger partial charge in [0.1, 0.15) is 15.9 Å². The average Bonchev–Trinajstić information content (AvgIpc) is 3.24. The molecule has 1 fully saturated rings. The van der Waals surface area contributed by atoms with Crippen LogP contribution in [0.15, 0.2) is 53.6 Å². The number of fused-ring (bicyclic) bond motifs is 2. The number of halogens is 1. The first-order valence-corrected chi connectivity index (χ1v) is 12.6. The van der Waals surface area contributed by atoms with Crippen LogP contribution in [0.5, 0.6) is 0 Å². The summed E-state index contributed by atoms with van der Waals surface area (Å²) in [6.07, 6.45) is 5.03. The van der Waals surface area contributed by atoms with E-state index in [1.807, 2.05) is 24.3 Å². The summed E-state index contributed by atoms with van der Waals surface area (Å²) in [5.41, 5.74) is 2.91. The maximum atomic E-state index is 13.0. The van der Waals surface area contributed by atoms with E-state index < -0.39 is 10.0 Å². The molecule has 2 N–H and O–H groups in total. The van der Waals surface area contributed by atoms with Gasteiger partial charge in [-0.3, -0.25) is 4.98 Å². The molecule has 0 atom stereocenters. The molecule has 0 amide bonds. The fourth-order valence-corrected chi connectivity index (χ4v) is 6.34. The van der Waals surface area contributed by atoms with Gasteiger partial charge in [0, 0.05) is 34.4 Å². The van der Waals surface area contributed by atoms with Gasteiger partial charge < -0.3 is 5.32 Å². The van der Waals surface area contributed by atoms with Crippen LogP contribution in [0.4, 0.5) is 5.69 Å². The molecule has 0 saturated heterocycles. The number of anilines is 1. The van der Waals surface area contributed by atoms with Crippen LogP contribution in [0, 0.1) is 0 Å². The van der Waals surface area contributed by atoms with Crippen LogP contribution >= 0.6 is 23.3 Å². The minimum atomic E-state index is -3.65. The van der Waals surface area contributed by atoms with E-state index in [1.165, 1.54) is 0 Å². The van der Waals surface area contributed by atoms with Crippen LogP contribution in [0.3, 0.4) is 0 Å². The lowest BCUT2D eigenvalue weighted by Crippen LogP contribution is -2.40. The average molecular weight is 474 g/mol. The molecular formula is C21H20ClN5O2S2. The zero-order valence-corrected chi connectivity index (χ0v) is 18.8. The predicted molar refractivity (Wildman–Crippen MR) is 124 cm³/mol. The molecule has 0 spiro atoms. The van der Waals surface area contributed by atoms with Gasteiger partial charge in [-0.05, 0) is 62.1 Å². The zero-order chi connectivity index (χ0) is 21.4. The molecule has 1 aliphatic carbocycles. The number of hydrogen-bond acceptors (Lipinski definition) is 7. The van der Waals surface area contributed by atoms with Crippen LogP contribution in [-0.2, 0) is 10.0 Å². The summed E-state index contributed by atoms with van der Waals surface area (Å²) >= 11 is 7.10. The quantitative estimate of drug-likeness (QED) is 0.440. The van der Waals surface area contributed by atoms with Crippen molar-refractivity contribution in [3.8, 4) is 0 Å². The molecule has 4 aromatic rings. The van der Waals surface area contributed by atoms with Gasteiger partial charge in [-0.1, -0.05) is 17.7 Å². The Morgan fingerprint density at radius 1 is 0.968 bits per heavy atom. The fraction of sp³-hybridized carbons (Fsp3) is 0.286. The second-order valence-electron chi connectivity index (χ2n) is 7.72. The van der Waals surface area contributed by atoms with Gasteiger partial charge in [-0.25, -0.2) is 13.1 Å². The number of pyridine rings is 1. The van der Waals surface area contributed by atoms with Gasteiger partial charge in [-0.2, -0.15) is 8.75 Å². The summed E-state index contributed by atoms with van der Waals surface area (Å²) in [5.74, 6) is 0. The third kappa shape index (κ3) is 4.23. The van der Waals surface area contributed by atoms with Crippen molar-refractivity contribution in [2.45, 2.75) is 42.7 Å². The van der Waals surface area contributed by atoms with Crippen molar-refractivity contribution in [3.63, 3.8) is 0 Å². The van der Waals surface area contributed by atoms with Gasteiger partial charge in [0.05, 0.1) is 17.2 Å². The highest BCUT2D eigenvalue weighted by Crippen LogP contribution is 2.29. The molecule has 0 unspecified atom stereocenters. The molecule has 0 radical (unpaired) electrons. The fourth-order valence-electron chi connectivity index (χ4n) is 4.10. The van der Waals surface area contributed by atoms with Crippen molar-refractivity contribution in [2.75, 3.05) is 5.32 Å². The molecule has 7 nitrogen and oxygen atoms in total. The summed E-state index contributed by atoms with van der Waals surface area (Å²) in [5, 5.41) is 5.29. The smallest absolute Gasteiger partial charge is 0.243 e. The topological polar surface area (TPSA) is 96.9 Å². The number of aromatic nitrogens is 3. The van der Waals surface area contributed by atoms with Crippen LogP contribution in [0.25, 0.3) is 21.9 Å². The third-order valence-corrected chi connectivity index (χ3v) is 7.98. The van der Waals surface area contributed by atoms with Gasteiger partial charge >= 0.3 is 0 Å². The van der Waals surface area contributed by atoms with E-state index in [1.54, 1.807) is 24.4 Å². The summed E-state index contributed by atoms with van der Waals surface area (Å²) < 4.78 is 37.1. The minimum absolute atomic E-state index is 0.0992.